The fourth-order valence-corrected chi connectivity index (χ4v) is 0.986. The molecule has 0 unspecified atom stereocenters. The van der Waals surface area contributed by atoms with Crippen LogP contribution in [0.2, 0.25) is 0 Å². The van der Waals surface area contributed by atoms with Crippen LogP contribution in [0.15, 0.2) is 35.2 Å². The highest BCUT2D eigenvalue weighted by molar-refractivity contribution is 14.0. The number of thioether (sulfide) groups is 1. The van der Waals surface area contributed by atoms with E-state index in [-0.39, 0.29) is 24.0 Å². The predicted octanol–water partition coefficient (Wildman–Crippen LogP) is 3.42. The molecule has 0 aliphatic carbocycles. The monoisotopic (exact) mass is 402 g/mol. The van der Waals surface area contributed by atoms with Crippen molar-refractivity contribution in [2.75, 3.05) is 6.26 Å². The van der Waals surface area contributed by atoms with Crippen molar-refractivity contribution < 1.29 is 26.1 Å². The fraction of sp³-hybridized carbons (Fsp3) is 0.250. The van der Waals surface area contributed by atoms with E-state index in [9.17, 15) is 13.2 Å². The number of hydrogen-bond donors (Lipinski definition) is 1. The van der Waals surface area contributed by atoms with Gasteiger partial charge >= 0.3 is 15.6 Å². The number of halogens is 4. The summed E-state index contributed by atoms with van der Waals surface area (Å²) < 4.78 is 57.5. The zero-order chi connectivity index (χ0) is 12.8. The molecule has 1 aromatic carbocycles. The molecule has 0 aliphatic heterocycles. The number of hydrogen-bond acceptors (Lipinski definition) is 3. The molecule has 0 saturated heterocycles. The Labute approximate surface area is 119 Å². The highest BCUT2D eigenvalue weighted by Gasteiger charge is 2.44. The first-order chi connectivity index (χ1) is 7.18. The van der Waals surface area contributed by atoms with E-state index in [0.29, 0.717) is 0 Å². The van der Waals surface area contributed by atoms with Crippen LogP contribution in [0.1, 0.15) is 0 Å². The first-order valence-corrected chi connectivity index (χ1v) is 6.47. The van der Waals surface area contributed by atoms with E-state index in [1.807, 2.05) is 18.2 Å². The Morgan fingerprint density at radius 2 is 1.53 bits per heavy atom. The maximum Gasteiger partial charge on any atom is 0.522 e. The van der Waals surface area contributed by atoms with E-state index in [1.165, 1.54) is 4.90 Å². The van der Waals surface area contributed by atoms with E-state index in [0.717, 1.165) is 0 Å². The molecule has 0 radical (unpaired) electrons. The topological polar surface area (TPSA) is 54.4 Å². The van der Waals surface area contributed by atoms with Gasteiger partial charge in [-0.05, 0) is 18.4 Å². The molecular weight excluding hydrogens is 392 g/mol. The first-order valence-electron chi connectivity index (χ1n) is 3.81. The van der Waals surface area contributed by atoms with Gasteiger partial charge in [-0.15, -0.1) is 35.7 Å². The molecule has 9 heteroatoms. The molecule has 1 N–H and O–H groups in total. The molecule has 0 spiro atoms. The molecule has 17 heavy (non-hydrogen) atoms. The maximum absolute atomic E-state index is 10.7. The number of rotatable bonds is 1. The van der Waals surface area contributed by atoms with Gasteiger partial charge < -0.3 is 0 Å². The molecule has 100 valence electrons. The Hall–Kier alpha value is -0.000000000000000139. The highest BCUT2D eigenvalue weighted by atomic mass is 127. The zero-order valence-corrected chi connectivity index (χ0v) is 12.5. The number of benzene rings is 1. The summed E-state index contributed by atoms with van der Waals surface area (Å²) in [4.78, 5) is 1.33. The fourth-order valence-electron chi connectivity index (χ4n) is 0.557. The van der Waals surface area contributed by atoms with Crippen LogP contribution in [-0.4, -0.2) is 24.7 Å². The van der Waals surface area contributed by atoms with Crippen LogP contribution >= 0.6 is 35.7 Å². The second-order valence-electron chi connectivity index (χ2n) is 2.44. The predicted molar refractivity (Wildman–Crippen MR) is 71.2 cm³/mol. The Balaban J connectivity index is 0. The highest BCUT2D eigenvalue weighted by Crippen LogP contribution is 2.20. The third-order valence-corrected chi connectivity index (χ3v) is 2.60. The summed E-state index contributed by atoms with van der Waals surface area (Å²) in [5.41, 5.74) is -5.53. The molecule has 0 atom stereocenters. The lowest BCUT2D eigenvalue weighted by Crippen LogP contribution is -2.21. The van der Waals surface area contributed by atoms with Crippen LogP contribution in [0, 0.1) is 0 Å². The van der Waals surface area contributed by atoms with Gasteiger partial charge in [-0.1, -0.05) is 18.2 Å². The second kappa shape index (κ2) is 8.16. The molecule has 1 aromatic rings. The van der Waals surface area contributed by atoms with Crippen molar-refractivity contribution >= 4 is 45.9 Å². The van der Waals surface area contributed by atoms with E-state index in [1.54, 1.807) is 11.8 Å². The van der Waals surface area contributed by atoms with Gasteiger partial charge in [0.25, 0.3) is 0 Å². The second-order valence-corrected chi connectivity index (χ2v) is 4.73. The quantitative estimate of drug-likeness (QED) is 0.339. The van der Waals surface area contributed by atoms with Crippen LogP contribution in [-0.2, 0) is 10.1 Å². The van der Waals surface area contributed by atoms with Crippen LogP contribution < -0.4 is 0 Å². The Morgan fingerprint density at radius 3 is 1.71 bits per heavy atom. The number of alkyl halides is 3. The van der Waals surface area contributed by atoms with Gasteiger partial charge in [0.05, 0.1) is 0 Å². The largest absolute Gasteiger partial charge is 0.522 e. The molecule has 0 bridgehead atoms. The van der Waals surface area contributed by atoms with Gasteiger partial charge in [-0.25, -0.2) is 0 Å². The van der Waals surface area contributed by atoms with Gasteiger partial charge in [0.2, 0.25) is 0 Å². The van der Waals surface area contributed by atoms with Crippen LogP contribution in [0.5, 0.6) is 0 Å². The van der Waals surface area contributed by atoms with Crippen molar-refractivity contribution in [3.05, 3.63) is 30.3 Å². The Morgan fingerprint density at radius 1 is 1.18 bits per heavy atom. The SMILES string of the molecule is CSc1ccccc1.I.O=S(=O)(O)C(F)(F)F. The van der Waals surface area contributed by atoms with Crippen molar-refractivity contribution in [3.8, 4) is 0 Å². The summed E-state index contributed by atoms with van der Waals surface area (Å²) in [5.74, 6) is 0. The van der Waals surface area contributed by atoms with Crippen molar-refractivity contribution in [2.24, 2.45) is 0 Å². The minimum atomic E-state index is -5.84. The zero-order valence-electron chi connectivity index (χ0n) is 8.51. The van der Waals surface area contributed by atoms with E-state index in [4.69, 9.17) is 13.0 Å². The lowest BCUT2D eigenvalue weighted by molar-refractivity contribution is -0.0510. The van der Waals surface area contributed by atoms with E-state index >= 15 is 0 Å². The molecule has 0 saturated carbocycles. The van der Waals surface area contributed by atoms with Crippen LogP contribution in [0.3, 0.4) is 0 Å². The van der Waals surface area contributed by atoms with Crippen molar-refractivity contribution in [2.45, 2.75) is 10.4 Å². The van der Waals surface area contributed by atoms with Crippen molar-refractivity contribution in [1.29, 1.82) is 0 Å². The van der Waals surface area contributed by atoms with Crippen molar-refractivity contribution in [1.82, 2.24) is 0 Å². The summed E-state index contributed by atoms with van der Waals surface area (Å²) in [6.45, 7) is 0. The lowest BCUT2D eigenvalue weighted by Gasteiger charge is -1.97. The van der Waals surface area contributed by atoms with Gasteiger partial charge in [0.15, 0.2) is 0 Å². The molecule has 0 aromatic heterocycles. The van der Waals surface area contributed by atoms with E-state index in [2.05, 4.69) is 18.4 Å². The normalized spacial score (nSPS) is 10.9. The third-order valence-electron chi connectivity index (χ3n) is 1.27. The molecule has 0 aliphatic rings. The minimum absolute atomic E-state index is 0. The minimum Gasteiger partial charge on any atom is -0.279 e. The van der Waals surface area contributed by atoms with Gasteiger partial charge in [-0.3, -0.25) is 4.55 Å². The average molecular weight is 402 g/mol. The summed E-state index contributed by atoms with van der Waals surface area (Å²) in [7, 11) is -5.84. The summed E-state index contributed by atoms with van der Waals surface area (Å²) in [6, 6.07) is 10.3. The van der Waals surface area contributed by atoms with Gasteiger partial charge in [0, 0.05) is 4.90 Å². The summed E-state index contributed by atoms with van der Waals surface area (Å²) in [5, 5.41) is 0. The Bertz CT molecular complexity index is 406. The van der Waals surface area contributed by atoms with Crippen LogP contribution in [0.25, 0.3) is 0 Å². The molecule has 3 nitrogen and oxygen atoms in total. The molecular formula is C8H10F3IO3S2. The third kappa shape index (κ3) is 8.69. The maximum atomic E-state index is 10.7. The first kappa shape index (κ1) is 19.3. The van der Waals surface area contributed by atoms with Gasteiger partial charge in [-0.2, -0.15) is 21.6 Å². The summed E-state index contributed by atoms with van der Waals surface area (Å²) in [6.07, 6.45) is 2.08. The van der Waals surface area contributed by atoms with E-state index < -0.39 is 15.6 Å². The van der Waals surface area contributed by atoms with Gasteiger partial charge in [0.1, 0.15) is 0 Å². The smallest absolute Gasteiger partial charge is 0.279 e. The molecule has 0 amide bonds. The molecule has 0 heterocycles. The molecule has 1 rings (SSSR count). The Kier molecular flexibility index (Phi) is 9.29. The standard InChI is InChI=1S/C7H8S.CHF3O3S.HI/c1-8-7-5-3-2-4-6-7;2-1(3,4)8(5,6)7;/h2-6H,1H3;(H,5,6,7);1H. The molecule has 0 fully saturated rings. The summed E-state index contributed by atoms with van der Waals surface area (Å²) >= 11 is 1.77. The van der Waals surface area contributed by atoms with Crippen molar-refractivity contribution in [3.63, 3.8) is 0 Å². The van der Waals surface area contributed by atoms with Crippen LogP contribution in [0.4, 0.5) is 13.2 Å². The lowest BCUT2D eigenvalue weighted by atomic mass is 10.4. The average Bonchev–Trinajstić information content (AvgIpc) is 2.17.